The van der Waals surface area contributed by atoms with Crippen molar-refractivity contribution in [2.24, 2.45) is 5.92 Å². The fourth-order valence-corrected chi connectivity index (χ4v) is 2.91. The number of anilines is 2. The fraction of sp³-hybridized carbons (Fsp3) is 0.176. The number of amides is 2. The van der Waals surface area contributed by atoms with Crippen molar-refractivity contribution in [3.05, 3.63) is 48.7 Å². The van der Waals surface area contributed by atoms with Gasteiger partial charge in [0.2, 0.25) is 11.8 Å². The van der Waals surface area contributed by atoms with Gasteiger partial charge in [0.05, 0.1) is 11.4 Å². The third kappa shape index (κ3) is 2.50. The lowest BCUT2D eigenvalue weighted by Gasteiger charge is -2.14. The summed E-state index contributed by atoms with van der Waals surface area (Å²) in [4.78, 5) is 30.4. The molecule has 0 saturated carbocycles. The van der Waals surface area contributed by atoms with Crippen molar-refractivity contribution in [2.75, 3.05) is 16.8 Å². The number of aromatic amines is 1. The van der Waals surface area contributed by atoms with Gasteiger partial charge < -0.3 is 5.32 Å². The summed E-state index contributed by atoms with van der Waals surface area (Å²) in [7, 11) is 0. The van der Waals surface area contributed by atoms with Crippen LogP contribution in [0.25, 0.3) is 10.9 Å². The van der Waals surface area contributed by atoms with Crippen molar-refractivity contribution in [3.8, 4) is 0 Å². The summed E-state index contributed by atoms with van der Waals surface area (Å²) in [6.45, 7) is 0.312. The number of aromatic nitrogens is 3. The number of fused-ring (bicyclic) bond motifs is 1. The highest BCUT2D eigenvalue weighted by Crippen LogP contribution is 2.29. The van der Waals surface area contributed by atoms with Crippen molar-refractivity contribution >= 4 is 34.4 Å². The second-order valence-electron chi connectivity index (χ2n) is 5.70. The molecule has 0 spiro atoms. The number of H-pyrrole nitrogens is 1. The molecular weight excluding hydrogens is 306 g/mol. The minimum Gasteiger partial charge on any atom is -0.310 e. The Morgan fingerprint density at radius 2 is 2.04 bits per heavy atom. The van der Waals surface area contributed by atoms with E-state index >= 15 is 0 Å². The molecule has 2 aromatic heterocycles. The van der Waals surface area contributed by atoms with Crippen LogP contribution in [-0.2, 0) is 9.59 Å². The summed E-state index contributed by atoms with van der Waals surface area (Å²) in [6, 6.07) is 12.9. The third-order valence-electron chi connectivity index (χ3n) is 4.12. The third-order valence-corrected chi connectivity index (χ3v) is 4.12. The highest BCUT2D eigenvalue weighted by atomic mass is 16.2. The number of hydrogen-bond acceptors (Lipinski definition) is 4. The molecule has 1 aliphatic rings. The van der Waals surface area contributed by atoms with Crippen LogP contribution in [0.15, 0.2) is 48.7 Å². The normalized spacial score (nSPS) is 17.4. The van der Waals surface area contributed by atoms with E-state index in [0.29, 0.717) is 18.2 Å². The van der Waals surface area contributed by atoms with Crippen LogP contribution < -0.4 is 10.2 Å². The summed E-state index contributed by atoms with van der Waals surface area (Å²) in [5.41, 5.74) is 0.863. The van der Waals surface area contributed by atoms with Gasteiger partial charge in [-0.25, -0.2) is 4.98 Å². The summed E-state index contributed by atoms with van der Waals surface area (Å²) in [6.07, 6.45) is 1.78. The molecule has 2 N–H and O–H groups in total. The topological polar surface area (TPSA) is 91.0 Å². The quantitative estimate of drug-likeness (QED) is 0.771. The predicted molar refractivity (Wildman–Crippen MR) is 89.4 cm³/mol. The number of rotatable bonds is 3. The van der Waals surface area contributed by atoms with Gasteiger partial charge in [-0.1, -0.05) is 18.2 Å². The molecule has 3 aromatic rings. The van der Waals surface area contributed by atoms with E-state index in [0.717, 1.165) is 10.9 Å². The average molecular weight is 321 g/mol. The lowest BCUT2D eigenvalue weighted by atomic mass is 10.1. The molecule has 7 heteroatoms. The van der Waals surface area contributed by atoms with Gasteiger partial charge >= 0.3 is 0 Å². The van der Waals surface area contributed by atoms with Crippen molar-refractivity contribution in [3.63, 3.8) is 0 Å². The summed E-state index contributed by atoms with van der Waals surface area (Å²) in [5, 5.41) is 10.8. The van der Waals surface area contributed by atoms with Gasteiger partial charge in [-0.15, -0.1) is 0 Å². The van der Waals surface area contributed by atoms with Crippen LogP contribution in [0.5, 0.6) is 0 Å². The number of carbonyl (C=O) groups excluding carboxylic acids is 2. The molecule has 120 valence electrons. The largest absolute Gasteiger partial charge is 0.310 e. The van der Waals surface area contributed by atoms with Crippen LogP contribution in [0.2, 0.25) is 0 Å². The van der Waals surface area contributed by atoms with Gasteiger partial charge in [0.1, 0.15) is 5.82 Å². The number of carbonyl (C=O) groups is 2. The Morgan fingerprint density at radius 3 is 2.88 bits per heavy atom. The van der Waals surface area contributed by atoms with Gasteiger partial charge in [0.15, 0.2) is 5.82 Å². The lowest BCUT2D eigenvalue weighted by Crippen LogP contribution is -2.28. The van der Waals surface area contributed by atoms with Crippen LogP contribution in [0.3, 0.4) is 0 Å². The van der Waals surface area contributed by atoms with Gasteiger partial charge in [-0.3, -0.25) is 19.6 Å². The molecule has 7 nitrogen and oxygen atoms in total. The number of nitrogens with zero attached hydrogens (tertiary/aromatic N) is 3. The number of benzene rings is 1. The molecule has 1 atom stereocenters. The molecular formula is C17H15N5O2. The molecule has 24 heavy (non-hydrogen) atoms. The van der Waals surface area contributed by atoms with E-state index in [1.54, 1.807) is 29.3 Å². The van der Waals surface area contributed by atoms with E-state index in [1.807, 2.05) is 24.3 Å². The smallest absolute Gasteiger partial charge is 0.230 e. The second kappa shape index (κ2) is 5.77. The maximum atomic E-state index is 12.4. The first-order chi connectivity index (χ1) is 11.7. The minimum absolute atomic E-state index is 0.103. The Morgan fingerprint density at radius 1 is 1.21 bits per heavy atom. The summed E-state index contributed by atoms with van der Waals surface area (Å²) >= 11 is 0. The van der Waals surface area contributed by atoms with Crippen LogP contribution in [0, 0.1) is 5.92 Å². The molecule has 1 saturated heterocycles. The highest BCUT2D eigenvalue weighted by molar-refractivity contribution is 6.06. The molecule has 1 unspecified atom stereocenters. The van der Waals surface area contributed by atoms with E-state index in [9.17, 15) is 9.59 Å². The van der Waals surface area contributed by atoms with Crippen molar-refractivity contribution < 1.29 is 9.59 Å². The first-order valence-corrected chi connectivity index (χ1v) is 7.68. The maximum Gasteiger partial charge on any atom is 0.230 e. The molecule has 1 fully saturated rings. The SMILES string of the molecule is O=C(Nc1ccccn1)C1CC(=O)N(c2n[nH]c3ccccc23)C1. The Balaban J connectivity index is 1.54. The van der Waals surface area contributed by atoms with Crippen molar-refractivity contribution in [1.82, 2.24) is 15.2 Å². The van der Waals surface area contributed by atoms with Crippen LogP contribution in [-0.4, -0.2) is 33.5 Å². The lowest BCUT2D eigenvalue weighted by molar-refractivity contribution is -0.122. The standard InChI is InChI=1S/C17H15N5O2/c23-15-9-11(17(24)19-14-7-3-4-8-18-14)10-22(15)16-12-5-1-2-6-13(12)20-21-16/h1-8,11H,9-10H2,(H,20,21)(H,18,19,24). The first-order valence-electron chi connectivity index (χ1n) is 7.68. The number of para-hydroxylation sites is 1. The Labute approximate surface area is 137 Å². The van der Waals surface area contributed by atoms with E-state index in [1.165, 1.54) is 0 Å². The monoisotopic (exact) mass is 321 g/mol. The molecule has 2 amide bonds. The molecule has 1 aromatic carbocycles. The molecule has 1 aliphatic heterocycles. The van der Waals surface area contributed by atoms with E-state index in [-0.39, 0.29) is 18.2 Å². The van der Waals surface area contributed by atoms with Crippen LogP contribution in [0.4, 0.5) is 11.6 Å². The Kier molecular flexibility index (Phi) is 3.45. The van der Waals surface area contributed by atoms with E-state index < -0.39 is 5.92 Å². The van der Waals surface area contributed by atoms with Gasteiger partial charge in [0.25, 0.3) is 0 Å². The predicted octanol–water partition coefficient (Wildman–Crippen LogP) is 1.95. The van der Waals surface area contributed by atoms with Crippen molar-refractivity contribution in [1.29, 1.82) is 0 Å². The zero-order valence-corrected chi connectivity index (χ0v) is 12.8. The number of nitrogens with one attached hydrogen (secondary N) is 2. The van der Waals surface area contributed by atoms with Crippen LogP contribution >= 0.6 is 0 Å². The molecule has 0 bridgehead atoms. The van der Waals surface area contributed by atoms with E-state index in [2.05, 4.69) is 20.5 Å². The van der Waals surface area contributed by atoms with Crippen LogP contribution in [0.1, 0.15) is 6.42 Å². The second-order valence-corrected chi connectivity index (χ2v) is 5.70. The Bertz CT molecular complexity index is 905. The molecule has 4 rings (SSSR count). The fourth-order valence-electron chi connectivity index (χ4n) is 2.91. The average Bonchev–Trinajstić information content (AvgIpc) is 3.19. The minimum atomic E-state index is -0.421. The van der Waals surface area contributed by atoms with Gasteiger partial charge in [-0.2, -0.15) is 5.10 Å². The van der Waals surface area contributed by atoms with E-state index in [4.69, 9.17) is 0 Å². The highest BCUT2D eigenvalue weighted by Gasteiger charge is 2.36. The Hall–Kier alpha value is -3.22. The first kappa shape index (κ1) is 14.4. The number of hydrogen-bond donors (Lipinski definition) is 2. The zero-order valence-electron chi connectivity index (χ0n) is 12.8. The maximum absolute atomic E-state index is 12.4. The molecule has 3 heterocycles. The zero-order chi connectivity index (χ0) is 16.5. The molecule has 0 radical (unpaired) electrons. The summed E-state index contributed by atoms with van der Waals surface area (Å²) in [5.74, 6) is 0.329. The van der Waals surface area contributed by atoms with Gasteiger partial charge in [0, 0.05) is 24.5 Å². The van der Waals surface area contributed by atoms with Gasteiger partial charge in [-0.05, 0) is 24.3 Å². The van der Waals surface area contributed by atoms with Crippen molar-refractivity contribution in [2.45, 2.75) is 6.42 Å². The molecule has 0 aliphatic carbocycles. The number of pyridine rings is 1. The summed E-state index contributed by atoms with van der Waals surface area (Å²) < 4.78 is 0.